The Morgan fingerprint density at radius 1 is 1.11 bits per heavy atom. The molecule has 0 spiro atoms. The fraction of sp³-hybridized carbons (Fsp3) is 0.462. The van der Waals surface area contributed by atoms with Gasteiger partial charge in [-0.1, -0.05) is 37.8 Å². The maximum absolute atomic E-state index is 10.3. The van der Waals surface area contributed by atoms with E-state index >= 15 is 0 Å². The summed E-state index contributed by atoms with van der Waals surface area (Å²) >= 11 is 0. The van der Waals surface area contributed by atoms with Crippen LogP contribution in [0.3, 0.4) is 0 Å². The quantitative estimate of drug-likeness (QED) is 0.691. The molecule has 1 saturated carbocycles. The third kappa shape index (κ3) is 6.19. The summed E-state index contributed by atoms with van der Waals surface area (Å²) in [5.74, 6) is -1.31. The fourth-order valence-corrected chi connectivity index (χ4v) is 1.79. The summed E-state index contributed by atoms with van der Waals surface area (Å²) in [6, 6.07) is 5.65. The van der Waals surface area contributed by atoms with Crippen LogP contribution < -0.4 is 0 Å². The van der Waals surface area contributed by atoms with E-state index in [1.54, 1.807) is 12.1 Å². The Kier molecular flexibility index (Phi) is 8.64. The van der Waals surface area contributed by atoms with E-state index in [-0.39, 0.29) is 44.5 Å². The summed E-state index contributed by atoms with van der Waals surface area (Å²) in [5.41, 5.74) is 14.5. The Labute approximate surface area is 127 Å². The van der Waals surface area contributed by atoms with Gasteiger partial charge in [0.1, 0.15) is 11.3 Å². The van der Waals surface area contributed by atoms with Gasteiger partial charge in [-0.3, -0.25) is 0 Å². The topological polar surface area (TPSA) is 105 Å². The minimum absolute atomic E-state index is 0. The van der Waals surface area contributed by atoms with Crippen LogP contribution in [0, 0.1) is 0 Å². The van der Waals surface area contributed by atoms with Gasteiger partial charge in [0.15, 0.2) is 0 Å². The maximum atomic E-state index is 10.3. The molecule has 1 fully saturated rings. The number of carbonyl (C=O) groups is 1. The minimum Gasteiger partial charge on any atom is -0.676 e. The largest absolute Gasteiger partial charge is 2.00 e. The normalized spacial score (nSPS) is 21.6. The Hall–Kier alpha value is -0.902. The molecule has 1 aliphatic carbocycles. The molecule has 0 amide bonds. The minimum atomic E-state index is -1.11. The summed E-state index contributed by atoms with van der Waals surface area (Å²) in [6.07, 6.45) is 4.25. The molecule has 0 radical (unpaired) electrons. The molecule has 4 N–H and O–H groups in total. The number of aromatic carboxylic acids is 1. The zero-order valence-electron chi connectivity index (χ0n) is 10.4. The zero-order chi connectivity index (χ0) is 13.5. The van der Waals surface area contributed by atoms with Gasteiger partial charge in [0.05, 0.1) is 0 Å². The van der Waals surface area contributed by atoms with Gasteiger partial charge in [-0.15, -0.1) is 0 Å². The van der Waals surface area contributed by atoms with Gasteiger partial charge in [0.25, 0.3) is 0 Å². The first-order chi connectivity index (χ1) is 8.52. The number of nitrogens with one attached hydrogen (secondary N) is 2. The number of hydrogen-bond donors (Lipinski definition) is 2. The van der Waals surface area contributed by atoms with Gasteiger partial charge in [0, 0.05) is 0 Å². The number of hydrogen-bond acceptors (Lipinski definition) is 2. The van der Waals surface area contributed by atoms with Crippen LogP contribution in [0.15, 0.2) is 24.3 Å². The van der Waals surface area contributed by atoms with Crippen LogP contribution >= 0.6 is 0 Å². The maximum Gasteiger partial charge on any atom is 2.00 e. The Balaban J connectivity index is 0.000000331. The van der Waals surface area contributed by atoms with Crippen molar-refractivity contribution in [3.05, 3.63) is 41.3 Å². The van der Waals surface area contributed by atoms with E-state index in [4.69, 9.17) is 21.7 Å². The first-order valence-corrected chi connectivity index (χ1v) is 5.96. The van der Waals surface area contributed by atoms with Crippen molar-refractivity contribution in [2.45, 2.75) is 37.8 Å². The molecule has 108 valence electrons. The predicted octanol–water partition coefficient (Wildman–Crippen LogP) is 3.49. The Bertz CT molecular complexity index is 391. The van der Waals surface area contributed by atoms with Crippen molar-refractivity contribution < 1.29 is 36.1 Å². The van der Waals surface area contributed by atoms with Crippen molar-refractivity contribution in [1.29, 1.82) is 0 Å². The van der Waals surface area contributed by atoms with E-state index in [2.05, 4.69) is 0 Å². The molecule has 0 heterocycles. The van der Waals surface area contributed by atoms with Gasteiger partial charge in [0.2, 0.25) is 0 Å². The Morgan fingerprint density at radius 2 is 1.58 bits per heavy atom. The standard InChI is InChI=1S/C7H6O3.C6H12N2.Pt/c8-6-4-2-1-3-5(6)7(9)10;7-5-3-1-2-4-6(5)8;/h1-4,8H,(H,9,10);5-8H,1-4H2;/q;-2;+2. The molecule has 5 nitrogen and oxygen atoms in total. The molecule has 6 heteroatoms. The average Bonchev–Trinajstić information content (AvgIpc) is 2.34. The second-order valence-corrected chi connectivity index (χ2v) is 4.32. The number of para-hydroxylation sites is 1. The summed E-state index contributed by atoms with van der Waals surface area (Å²) in [6.45, 7) is 0. The molecular weight excluding hydrogens is 427 g/mol. The van der Waals surface area contributed by atoms with Gasteiger partial charge < -0.3 is 21.7 Å². The molecule has 1 aromatic carbocycles. The average molecular weight is 445 g/mol. The summed E-state index contributed by atoms with van der Waals surface area (Å²) < 4.78 is 0. The molecule has 0 saturated heterocycles. The van der Waals surface area contributed by atoms with Crippen molar-refractivity contribution in [3.8, 4) is 5.75 Å². The molecule has 2 rings (SSSR count). The summed E-state index contributed by atoms with van der Waals surface area (Å²) in [4.78, 5) is 10.3. The van der Waals surface area contributed by atoms with Gasteiger partial charge in [-0.05, 0) is 12.1 Å². The van der Waals surface area contributed by atoms with Crippen LogP contribution in [0.2, 0.25) is 0 Å². The van der Waals surface area contributed by atoms with Crippen molar-refractivity contribution in [1.82, 2.24) is 0 Å². The van der Waals surface area contributed by atoms with Crippen LogP contribution in [0.5, 0.6) is 5.75 Å². The van der Waals surface area contributed by atoms with Crippen LogP contribution in [0.1, 0.15) is 36.0 Å². The van der Waals surface area contributed by atoms with E-state index < -0.39 is 5.97 Å². The molecule has 2 unspecified atom stereocenters. The number of phenols is 1. The Morgan fingerprint density at radius 3 is 1.89 bits per heavy atom. The zero-order valence-corrected chi connectivity index (χ0v) is 12.7. The molecule has 0 bridgehead atoms. The third-order valence-electron chi connectivity index (χ3n) is 2.90. The SMILES string of the molecule is O=C(O)c1ccccc1O.[NH-]C1CCCCC1[NH-].[Pt+2]. The predicted molar refractivity (Wildman–Crippen MR) is 69.8 cm³/mol. The van der Waals surface area contributed by atoms with Crippen molar-refractivity contribution >= 4 is 5.97 Å². The van der Waals surface area contributed by atoms with Crippen LogP contribution in [0.25, 0.3) is 11.5 Å². The summed E-state index contributed by atoms with van der Waals surface area (Å²) in [5, 5.41) is 17.3. The van der Waals surface area contributed by atoms with Crippen molar-refractivity contribution in [2.24, 2.45) is 0 Å². The van der Waals surface area contributed by atoms with Gasteiger partial charge in [-0.25, -0.2) is 4.79 Å². The van der Waals surface area contributed by atoms with E-state index in [1.165, 1.54) is 25.0 Å². The van der Waals surface area contributed by atoms with Crippen molar-refractivity contribution in [2.75, 3.05) is 0 Å². The number of carboxylic acid groups (broad SMARTS) is 1. The second-order valence-electron chi connectivity index (χ2n) is 4.32. The molecule has 0 aliphatic heterocycles. The number of rotatable bonds is 1. The van der Waals surface area contributed by atoms with Crippen molar-refractivity contribution in [3.63, 3.8) is 0 Å². The van der Waals surface area contributed by atoms with E-state index in [0.29, 0.717) is 0 Å². The van der Waals surface area contributed by atoms with E-state index in [0.717, 1.165) is 12.8 Å². The summed E-state index contributed by atoms with van der Waals surface area (Å²) in [7, 11) is 0. The molecule has 0 aromatic heterocycles. The van der Waals surface area contributed by atoms with Gasteiger partial charge in [-0.2, -0.15) is 12.1 Å². The van der Waals surface area contributed by atoms with Crippen LogP contribution in [-0.4, -0.2) is 28.3 Å². The molecular formula is C13H18N2O3Pt. The van der Waals surface area contributed by atoms with Gasteiger partial charge >= 0.3 is 27.0 Å². The molecule has 1 aliphatic rings. The number of benzene rings is 1. The van der Waals surface area contributed by atoms with E-state index in [1.807, 2.05) is 0 Å². The smallest absolute Gasteiger partial charge is 0.676 e. The van der Waals surface area contributed by atoms with E-state index in [9.17, 15) is 4.79 Å². The fourth-order valence-electron chi connectivity index (χ4n) is 1.79. The molecule has 1 aromatic rings. The number of carboxylic acids is 1. The third-order valence-corrected chi connectivity index (χ3v) is 2.90. The number of aromatic hydroxyl groups is 1. The second kappa shape index (κ2) is 9.07. The van der Waals surface area contributed by atoms with Crippen LogP contribution in [-0.2, 0) is 21.1 Å². The monoisotopic (exact) mass is 445 g/mol. The van der Waals surface area contributed by atoms with Crippen LogP contribution in [0.4, 0.5) is 0 Å². The molecule has 2 atom stereocenters. The first kappa shape index (κ1) is 18.1. The molecule has 19 heavy (non-hydrogen) atoms. The first-order valence-electron chi connectivity index (χ1n) is 5.96.